The van der Waals surface area contributed by atoms with Crippen molar-refractivity contribution in [1.29, 1.82) is 0 Å². The van der Waals surface area contributed by atoms with Gasteiger partial charge in [-0.3, -0.25) is 0 Å². The normalized spacial score (nSPS) is 11.8. The molecule has 4 nitrogen and oxygen atoms in total. The van der Waals surface area contributed by atoms with Crippen LogP contribution in [0.4, 0.5) is 0 Å². The monoisotopic (exact) mass is 390 g/mol. The fourth-order valence-corrected chi connectivity index (χ4v) is 2.64. The third-order valence-electron chi connectivity index (χ3n) is 2.50. The molecule has 0 saturated carbocycles. The Morgan fingerprint density at radius 3 is 2.74 bits per heavy atom. The molecule has 1 N–H and O–H groups in total. The van der Waals surface area contributed by atoms with Crippen LogP contribution in [-0.2, 0) is 6.54 Å². The molecule has 2 aromatic rings. The van der Waals surface area contributed by atoms with E-state index < -0.39 is 0 Å². The zero-order valence-electron chi connectivity index (χ0n) is 11.1. The van der Waals surface area contributed by atoms with E-state index in [0.29, 0.717) is 6.54 Å². The highest BCUT2D eigenvalue weighted by atomic mass is 127. The van der Waals surface area contributed by atoms with Crippen LogP contribution in [0.15, 0.2) is 24.4 Å². The average molecular weight is 391 g/mol. The van der Waals surface area contributed by atoms with Crippen molar-refractivity contribution in [2.75, 3.05) is 0 Å². The van der Waals surface area contributed by atoms with Crippen molar-refractivity contribution in [3.05, 3.63) is 38.7 Å². The van der Waals surface area contributed by atoms with Gasteiger partial charge in [0.05, 0.1) is 17.6 Å². The van der Waals surface area contributed by atoms with Crippen LogP contribution in [0.25, 0.3) is 5.69 Å². The Labute approximate surface area is 131 Å². The number of aromatic nitrogens is 3. The predicted octanol–water partition coefficient (Wildman–Crippen LogP) is 3.41. The van der Waals surface area contributed by atoms with Gasteiger partial charge in [0.25, 0.3) is 0 Å². The lowest BCUT2D eigenvalue weighted by atomic mass is 10.1. The number of hydrogen-bond acceptors (Lipinski definition) is 3. The number of rotatable bonds is 3. The maximum absolute atomic E-state index is 5.95. The zero-order valence-corrected chi connectivity index (χ0v) is 14.0. The van der Waals surface area contributed by atoms with Crippen molar-refractivity contribution in [2.45, 2.75) is 32.9 Å². The Morgan fingerprint density at radius 1 is 1.37 bits per heavy atom. The van der Waals surface area contributed by atoms with Crippen LogP contribution in [0.5, 0.6) is 0 Å². The van der Waals surface area contributed by atoms with Crippen molar-refractivity contribution in [3.63, 3.8) is 0 Å². The number of halogens is 2. The smallest absolute Gasteiger partial charge is 0.0969 e. The zero-order chi connectivity index (χ0) is 14.0. The maximum atomic E-state index is 5.95. The van der Waals surface area contributed by atoms with Crippen molar-refractivity contribution < 1.29 is 0 Å². The topological polar surface area (TPSA) is 42.7 Å². The molecule has 0 aliphatic rings. The van der Waals surface area contributed by atoms with E-state index >= 15 is 0 Å². The molecule has 102 valence electrons. The van der Waals surface area contributed by atoms with Crippen LogP contribution in [0.3, 0.4) is 0 Å². The molecule has 1 heterocycles. The summed E-state index contributed by atoms with van der Waals surface area (Å²) >= 11 is 8.19. The van der Waals surface area contributed by atoms with E-state index in [2.05, 4.69) is 59.0 Å². The summed E-state index contributed by atoms with van der Waals surface area (Å²) in [4.78, 5) is 0. The third-order valence-corrected chi connectivity index (χ3v) is 3.60. The number of nitrogens with one attached hydrogen (secondary N) is 1. The first-order chi connectivity index (χ1) is 8.85. The minimum Gasteiger partial charge on any atom is -0.306 e. The summed E-state index contributed by atoms with van der Waals surface area (Å²) in [7, 11) is 0. The van der Waals surface area contributed by atoms with E-state index in [9.17, 15) is 0 Å². The Bertz CT molecular complexity index is 574. The molecule has 19 heavy (non-hydrogen) atoms. The van der Waals surface area contributed by atoms with Crippen molar-refractivity contribution in [3.8, 4) is 5.69 Å². The molecule has 2 rings (SSSR count). The van der Waals surface area contributed by atoms with E-state index in [0.717, 1.165) is 20.0 Å². The molecule has 0 bridgehead atoms. The van der Waals surface area contributed by atoms with E-state index in [4.69, 9.17) is 11.6 Å². The van der Waals surface area contributed by atoms with Crippen molar-refractivity contribution >= 4 is 34.2 Å². The van der Waals surface area contributed by atoms with Crippen LogP contribution in [0, 0.1) is 3.57 Å². The quantitative estimate of drug-likeness (QED) is 0.817. The van der Waals surface area contributed by atoms with Gasteiger partial charge < -0.3 is 5.32 Å². The van der Waals surface area contributed by atoms with E-state index in [1.54, 1.807) is 4.68 Å². The molecular formula is C13H16ClIN4. The van der Waals surface area contributed by atoms with Crippen LogP contribution >= 0.6 is 34.2 Å². The molecule has 0 aliphatic heterocycles. The lowest BCUT2D eigenvalue weighted by molar-refractivity contribution is 0.421. The summed E-state index contributed by atoms with van der Waals surface area (Å²) in [6, 6.07) is 5.71. The molecule has 0 atom stereocenters. The Hall–Kier alpha value is -0.660. The second-order valence-corrected chi connectivity index (χ2v) is 6.95. The molecule has 0 aliphatic carbocycles. The summed E-state index contributed by atoms with van der Waals surface area (Å²) in [5.74, 6) is 0. The van der Waals surface area contributed by atoms with Gasteiger partial charge in [-0.15, -0.1) is 5.10 Å². The van der Waals surface area contributed by atoms with Gasteiger partial charge in [-0.05, 0) is 61.6 Å². The fraction of sp³-hybridized carbons (Fsp3) is 0.385. The maximum Gasteiger partial charge on any atom is 0.0969 e. The van der Waals surface area contributed by atoms with Gasteiger partial charge in [-0.1, -0.05) is 16.8 Å². The van der Waals surface area contributed by atoms with Gasteiger partial charge in [-0.25, -0.2) is 4.68 Å². The van der Waals surface area contributed by atoms with Gasteiger partial charge in [0.15, 0.2) is 0 Å². The van der Waals surface area contributed by atoms with Crippen LogP contribution in [0.2, 0.25) is 5.02 Å². The average Bonchev–Trinajstić information content (AvgIpc) is 2.74. The molecule has 6 heteroatoms. The molecule has 1 aromatic carbocycles. The lowest BCUT2D eigenvalue weighted by Crippen LogP contribution is -2.35. The molecule has 0 saturated heterocycles. The number of nitrogens with zero attached hydrogens (tertiary/aromatic N) is 3. The van der Waals surface area contributed by atoms with Crippen LogP contribution in [-0.4, -0.2) is 20.5 Å². The second-order valence-electron chi connectivity index (χ2n) is 5.35. The first-order valence-corrected chi connectivity index (χ1v) is 7.42. The first-order valence-electron chi connectivity index (χ1n) is 5.97. The fourth-order valence-electron chi connectivity index (χ4n) is 1.52. The Kier molecular flexibility index (Phi) is 4.47. The summed E-state index contributed by atoms with van der Waals surface area (Å²) in [5, 5.41) is 12.4. The van der Waals surface area contributed by atoms with Gasteiger partial charge >= 0.3 is 0 Å². The van der Waals surface area contributed by atoms with Crippen LogP contribution < -0.4 is 5.32 Å². The lowest BCUT2D eigenvalue weighted by Gasteiger charge is -2.19. The molecule has 0 radical (unpaired) electrons. The van der Waals surface area contributed by atoms with Gasteiger partial charge in [0.1, 0.15) is 0 Å². The highest BCUT2D eigenvalue weighted by Crippen LogP contribution is 2.20. The third kappa shape index (κ3) is 4.15. The highest BCUT2D eigenvalue weighted by molar-refractivity contribution is 14.1. The Morgan fingerprint density at radius 2 is 2.11 bits per heavy atom. The Balaban J connectivity index is 2.16. The van der Waals surface area contributed by atoms with E-state index in [-0.39, 0.29) is 5.54 Å². The minimum atomic E-state index is 0.0679. The standard InChI is InChI=1S/C13H16ClIN4/c1-13(2,3)16-7-10-8-19(18-17-10)12-5-4-9(14)6-11(12)15/h4-6,8,16H,7H2,1-3H3. The molecular weight excluding hydrogens is 375 g/mol. The van der Waals surface area contributed by atoms with E-state index in [1.165, 1.54) is 0 Å². The molecule has 0 unspecified atom stereocenters. The molecule has 0 amide bonds. The SMILES string of the molecule is CC(C)(C)NCc1cn(-c2ccc(Cl)cc2I)nn1. The van der Waals surface area contributed by atoms with Crippen LogP contribution in [0.1, 0.15) is 26.5 Å². The molecule has 0 fully saturated rings. The van der Waals surface area contributed by atoms with E-state index in [1.807, 2.05) is 24.4 Å². The summed E-state index contributed by atoms with van der Waals surface area (Å²) in [6.45, 7) is 7.08. The summed E-state index contributed by atoms with van der Waals surface area (Å²) < 4.78 is 2.82. The number of hydrogen-bond donors (Lipinski definition) is 1. The number of benzene rings is 1. The predicted molar refractivity (Wildman–Crippen MR) is 85.7 cm³/mol. The van der Waals surface area contributed by atoms with Gasteiger partial charge in [-0.2, -0.15) is 0 Å². The summed E-state index contributed by atoms with van der Waals surface area (Å²) in [6.07, 6.45) is 1.93. The first kappa shape index (κ1) is 14.7. The van der Waals surface area contributed by atoms with Gasteiger partial charge in [0, 0.05) is 20.7 Å². The summed E-state index contributed by atoms with van der Waals surface area (Å²) in [5.41, 5.74) is 1.97. The van der Waals surface area contributed by atoms with Crippen molar-refractivity contribution in [2.24, 2.45) is 0 Å². The molecule has 0 spiro atoms. The second kappa shape index (κ2) is 5.76. The van der Waals surface area contributed by atoms with Crippen molar-refractivity contribution in [1.82, 2.24) is 20.3 Å². The molecule has 1 aromatic heterocycles. The van der Waals surface area contributed by atoms with Gasteiger partial charge in [0.2, 0.25) is 0 Å². The highest BCUT2D eigenvalue weighted by Gasteiger charge is 2.11. The largest absolute Gasteiger partial charge is 0.306 e. The minimum absolute atomic E-state index is 0.0679.